The summed E-state index contributed by atoms with van der Waals surface area (Å²) in [4.78, 5) is 16.9. The third-order valence-corrected chi connectivity index (χ3v) is 5.15. The first-order valence-corrected chi connectivity index (χ1v) is 9.39. The van der Waals surface area contributed by atoms with E-state index >= 15 is 0 Å². The number of nitrogens with one attached hydrogen (secondary N) is 1. The molecule has 2 amide bonds. The number of amides is 2. The molecule has 2 aromatic carbocycles. The summed E-state index contributed by atoms with van der Waals surface area (Å²) < 4.78 is 0. The molecule has 1 aliphatic rings. The Morgan fingerprint density at radius 1 is 0.923 bits per heavy atom. The maximum Gasteiger partial charge on any atom is 0.317 e. The Hall–Kier alpha value is -2.33. The highest BCUT2D eigenvalue weighted by Gasteiger charge is 2.25. The molecule has 4 heteroatoms. The molecule has 0 atom stereocenters. The van der Waals surface area contributed by atoms with Gasteiger partial charge < -0.3 is 10.2 Å². The Morgan fingerprint density at radius 2 is 1.50 bits per heavy atom. The SMILES string of the molecule is CC(C)(CNC(=O)N1CCN(Cc2ccccc2)CC1)c1ccccc1. The van der Waals surface area contributed by atoms with Crippen LogP contribution in [0.3, 0.4) is 0 Å². The number of carbonyl (C=O) groups is 1. The molecule has 0 unspecified atom stereocenters. The Balaban J connectivity index is 1.45. The van der Waals surface area contributed by atoms with Crippen molar-refractivity contribution in [3.8, 4) is 0 Å². The second kappa shape index (κ2) is 8.37. The Labute approximate surface area is 156 Å². The summed E-state index contributed by atoms with van der Waals surface area (Å²) in [5.41, 5.74) is 2.49. The molecule has 0 aliphatic carbocycles. The number of hydrogen-bond donors (Lipinski definition) is 1. The third kappa shape index (κ3) is 4.85. The number of hydrogen-bond acceptors (Lipinski definition) is 2. The van der Waals surface area contributed by atoms with Crippen molar-refractivity contribution in [3.63, 3.8) is 0 Å². The van der Waals surface area contributed by atoms with Gasteiger partial charge in [0.25, 0.3) is 0 Å². The van der Waals surface area contributed by atoms with Gasteiger partial charge in [-0.05, 0) is 11.1 Å². The fourth-order valence-electron chi connectivity index (χ4n) is 3.35. The van der Waals surface area contributed by atoms with Crippen molar-refractivity contribution in [2.24, 2.45) is 0 Å². The number of rotatable bonds is 5. The second-order valence-corrected chi connectivity index (χ2v) is 7.66. The Bertz CT molecular complexity index is 692. The van der Waals surface area contributed by atoms with E-state index in [1.54, 1.807) is 0 Å². The van der Waals surface area contributed by atoms with E-state index in [-0.39, 0.29) is 11.4 Å². The number of urea groups is 1. The lowest BCUT2D eigenvalue weighted by molar-refractivity contribution is 0.134. The molecule has 1 aliphatic heterocycles. The second-order valence-electron chi connectivity index (χ2n) is 7.66. The number of piperazine rings is 1. The largest absolute Gasteiger partial charge is 0.337 e. The highest BCUT2D eigenvalue weighted by atomic mass is 16.2. The lowest BCUT2D eigenvalue weighted by Gasteiger charge is -2.35. The van der Waals surface area contributed by atoms with Crippen LogP contribution in [0.1, 0.15) is 25.0 Å². The molecule has 3 rings (SSSR count). The topological polar surface area (TPSA) is 35.6 Å². The average molecular weight is 351 g/mol. The molecule has 1 saturated heterocycles. The molecule has 138 valence electrons. The predicted octanol–water partition coefficient (Wildman–Crippen LogP) is 3.49. The molecule has 1 heterocycles. The maximum absolute atomic E-state index is 12.5. The number of carbonyl (C=O) groups excluding carboxylic acids is 1. The van der Waals surface area contributed by atoms with Gasteiger partial charge in [-0.25, -0.2) is 4.79 Å². The van der Waals surface area contributed by atoms with Crippen LogP contribution in [0.2, 0.25) is 0 Å². The minimum Gasteiger partial charge on any atom is -0.337 e. The van der Waals surface area contributed by atoms with E-state index in [0.717, 1.165) is 32.7 Å². The molecule has 0 saturated carbocycles. The molecule has 0 bridgehead atoms. The van der Waals surface area contributed by atoms with Gasteiger partial charge in [0.2, 0.25) is 0 Å². The van der Waals surface area contributed by atoms with Crippen LogP contribution in [0.25, 0.3) is 0 Å². The highest BCUT2D eigenvalue weighted by Crippen LogP contribution is 2.21. The smallest absolute Gasteiger partial charge is 0.317 e. The van der Waals surface area contributed by atoms with E-state index in [4.69, 9.17) is 0 Å². The predicted molar refractivity (Wildman–Crippen MR) is 106 cm³/mol. The first kappa shape index (κ1) is 18.5. The highest BCUT2D eigenvalue weighted by molar-refractivity contribution is 5.74. The molecule has 0 spiro atoms. The van der Waals surface area contributed by atoms with E-state index in [9.17, 15) is 4.79 Å². The van der Waals surface area contributed by atoms with Gasteiger partial charge in [-0.2, -0.15) is 0 Å². The summed E-state index contributed by atoms with van der Waals surface area (Å²) >= 11 is 0. The molecule has 0 aromatic heterocycles. The first-order valence-electron chi connectivity index (χ1n) is 9.39. The normalized spacial score (nSPS) is 15.7. The van der Waals surface area contributed by atoms with Crippen LogP contribution in [0.15, 0.2) is 60.7 Å². The van der Waals surface area contributed by atoms with Crippen LogP contribution < -0.4 is 5.32 Å². The number of benzene rings is 2. The van der Waals surface area contributed by atoms with Crippen LogP contribution in [-0.2, 0) is 12.0 Å². The molecule has 4 nitrogen and oxygen atoms in total. The van der Waals surface area contributed by atoms with Crippen LogP contribution >= 0.6 is 0 Å². The van der Waals surface area contributed by atoms with E-state index in [1.165, 1.54) is 11.1 Å². The van der Waals surface area contributed by atoms with Gasteiger partial charge in [-0.1, -0.05) is 74.5 Å². The van der Waals surface area contributed by atoms with Crippen LogP contribution in [0.4, 0.5) is 4.79 Å². The van der Waals surface area contributed by atoms with Gasteiger partial charge >= 0.3 is 6.03 Å². The summed E-state index contributed by atoms with van der Waals surface area (Å²) in [5.74, 6) is 0. The minimum atomic E-state index is -0.0773. The van der Waals surface area contributed by atoms with Crippen molar-refractivity contribution in [3.05, 3.63) is 71.8 Å². The molecule has 1 fully saturated rings. The number of nitrogens with zero attached hydrogens (tertiary/aromatic N) is 2. The third-order valence-electron chi connectivity index (χ3n) is 5.15. The lowest BCUT2D eigenvalue weighted by atomic mass is 9.85. The standard InChI is InChI=1S/C22H29N3O/c1-22(2,20-11-7-4-8-12-20)18-23-21(26)25-15-13-24(14-16-25)17-19-9-5-3-6-10-19/h3-12H,13-18H2,1-2H3,(H,23,26). The zero-order valence-electron chi connectivity index (χ0n) is 15.8. The molecule has 26 heavy (non-hydrogen) atoms. The van der Waals surface area contributed by atoms with E-state index in [1.807, 2.05) is 29.2 Å². The van der Waals surface area contributed by atoms with E-state index < -0.39 is 0 Å². The zero-order chi connectivity index (χ0) is 18.4. The summed E-state index contributed by atoms with van der Waals surface area (Å²) in [6, 6.07) is 20.9. The maximum atomic E-state index is 12.5. The van der Waals surface area contributed by atoms with Gasteiger partial charge in [-0.15, -0.1) is 0 Å². The summed E-state index contributed by atoms with van der Waals surface area (Å²) in [6.07, 6.45) is 0. The van der Waals surface area contributed by atoms with Crippen molar-refractivity contribution in [2.75, 3.05) is 32.7 Å². The molecular weight excluding hydrogens is 322 g/mol. The lowest BCUT2D eigenvalue weighted by Crippen LogP contribution is -2.52. The van der Waals surface area contributed by atoms with E-state index in [0.29, 0.717) is 6.54 Å². The van der Waals surface area contributed by atoms with Crippen molar-refractivity contribution in [1.29, 1.82) is 0 Å². The van der Waals surface area contributed by atoms with Gasteiger partial charge in [-0.3, -0.25) is 4.90 Å². The summed E-state index contributed by atoms with van der Waals surface area (Å²) in [5, 5.41) is 3.12. The van der Waals surface area contributed by atoms with Crippen molar-refractivity contribution in [2.45, 2.75) is 25.8 Å². The van der Waals surface area contributed by atoms with Crippen LogP contribution in [0.5, 0.6) is 0 Å². The molecule has 0 radical (unpaired) electrons. The molecule has 1 N–H and O–H groups in total. The van der Waals surface area contributed by atoms with Crippen LogP contribution in [0, 0.1) is 0 Å². The fourth-order valence-corrected chi connectivity index (χ4v) is 3.35. The van der Waals surface area contributed by atoms with Crippen molar-refractivity contribution < 1.29 is 4.79 Å². The Kier molecular flexibility index (Phi) is 5.94. The zero-order valence-corrected chi connectivity index (χ0v) is 15.8. The van der Waals surface area contributed by atoms with Gasteiger partial charge in [0, 0.05) is 44.7 Å². The van der Waals surface area contributed by atoms with E-state index in [2.05, 4.69) is 60.5 Å². The average Bonchev–Trinajstić information content (AvgIpc) is 2.68. The first-order chi connectivity index (χ1) is 12.5. The van der Waals surface area contributed by atoms with Gasteiger partial charge in [0.1, 0.15) is 0 Å². The molecular formula is C22H29N3O. The van der Waals surface area contributed by atoms with Crippen molar-refractivity contribution >= 4 is 6.03 Å². The van der Waals surface area contributed by atoms with Gasteiger partial charge in [0.15, 0.2) is 0 Å². The van der Waals surface area contributed by atoms with Gasteiger partial charge in [0.05, 0.1) is 0 Å². The minimum absolute atomic E-state index is 0.0494. The summed E-state index contributed by atoms with van der Waals surface area (Å²) in [6.45, 7) is 9.34. The molecule has 2 aromatic rings. The van der Waals surface area contributed by atoms with Crippen molar-refractivity contribution in [1.82, 2.24) is 15.1 Å². The summed E-state index contributed by atoms with van der Waals surface area (Å²) in [7, 11) is 0. The fraction of sp³-hybridized carbons (Fsp3) is 0.409. The Morgan fingerprint density at radius 3 is 2.12 bits per heavy atom. The quantitative estimate of drug-likeness (QED) is 0.895. The van der Waals surface area contributed by atoms with Crippen LogP contribution in [-0.4, -0.2) is 48.6 Å². The monoisotopic (exact) mass is 351 g/mol.